The lowest BCUT2D eigenvalue weighted by Crippen LogP contribution is -1.99. The summed E-state index contributed by atoms with van der Waals surface area (Å²) < 4.78 is 6.97. The van der Waals surface area contributed by atoms with Crippen LogP contribution in [0.25, 0.3) is 11.0 Å². The molecule has 2 rings (SSSR count). The fourth-order valence-electron chi connectivity index (χ4n) is 1.33. The molecule has 0 radical (unpaired) electrons. The second-order valence-corrected chi connectivity index (χ2v) is 3.03. The summed E-state index contributed by atoms with van der Waals surface area (Å²) in [5.41, 5.74) is 6.96. The number of anilines is 1. The van der Waals surface area contributed by atoms with Crippen LogP contribution in [0.1, 0.15) is 6.92 Å². The van der Waals surface area contributed by atoms with Crippen LogP contribution in [0.3, 0.4) is 0 Å². The average molecular weight is 229 g/mol. The molecule has 2 N–H and O–H groups in total. The van der Waals surface area contributed by atoms with E-state index in [1.165, 1.54) is 0 Å². The van der Waals surface area contributed by atoms with Gasteiger partial charge in [-0.2, -0.15) is 10.1 Å². The number of hydrogen-bond donors (Lipinski definition) is 1. The predicted molar refractivity (Wildman–Crippen MR) is 61.3 cm³/mol. The Labute approximate surface area is 93.6 Å². The molecule has 0 aliphatic heterocycles. The van der Waals surface area contributed by atoms with Gasteiger partial charge in [-0.25, -0.2) is 0 Å². The standard InChI is InChI=1S/C9H12N4O.ClH/c1-3-14-9-7(10)4-6-5-13(2)12-8(6)11-9;/h4-5H,3,10H2,1-2H3;1H. The quantitative estimate of drug-likeness (QED) is 0.843. The van der Waals surface area contributed by atoms with Gasteiger partial charge in [0.1, 0.15) is 0 Å². The molecule has 2 aromatic heterocycles. The summed E-state index contributed by atoms with van der Waals surface area (Å²) in [7, 11) is 1.85. The van der Waals surface area contributed by atoms with E-state index in [1.54, 1.807) is 4.68 Å². The van der Waals surface area contributed by atoms with E-state index in [9.17, 15) is 0 Å². The van der Waals surface area contributed by atoms with Gasteiger partial charge >= 0.3 is 0 Å². The summed E-state index contributed by atoms with van der Waals surface area (Å²) in [4.78, 5) is 4.21. The van der Waals surface area contributed by atoms with Crippen molar-refractivity contribution in [1.82, 2.24) is 14.8 Å². The van der Waals surface area contributed by atoms with Crippen molar-refractivity contribution in [3.8, 4) is 5.88 Å². The van der Waals surface area contributed by atoms with Crippen LogP contribution in [-0.4, -0.2) is 21.4 Å². The number of pyridine rings is 1. The monoisotopic (exact) mass is 228 g/mol. The van der Waals surface area contributed by atoms with Crippen LogP contribution in [-0.2, 0) is 7.05 Å². The molecule has 82 valence electrons. The zero-order valence-corrected chi connectivity index (χ0v) is 9.41. The molecule has 2 aromatic rings. The number of ether oxygens (including phenoxy) is 1. The van der Waals surface area contributed by atoms with Crippen molar-refractivity contribution >= 4 is 29.1 Å². The van der Waals surface area contributed by atoms with Gasteiger partial charge in [0.15, 0.2) is 5.65 Å². The SMILES string of the molecule is CCOc1nc2nn(C)cc2cc1N.Cl. The summed E-state index contributed by atoms with van der Waals surface area (Å²) in [6, 6.07) is 1.82. The Morgan fingerprint density at radius 3 is 2.93 bits per heavy atom. The molecule has 0 spiro atoms. The first-order chi connectivity index (χ1) is 6.70. The number of nitrogens with two attached hydrogens (primary N) is 1. The number of nitrogens with zero attached hydrogens (tertiary/aromatic N) is 3. The third-order valence-corrected chi connectivity index (χ3v) is 1.88. The molecule has 5 nitrogen and oxygen atoms in total. The maximum atomic E-state index is 5.76. The Morgan fingerprint density at radius 1 is 1.53 bits per heavy atom. The van der Waals surface area contributed by atoms with Gasteiger partial charge < -0.3 is 10.5 Å². The van der Waals surface area contributed by atoms with Crippen LogP contribution in [0.4, 0.5) is 5.69 Å². The first kappa shape index (κ1) is 11.6. The molecule has 0 saturated carbocycles. The molecule has 0 fully saturated rings. The number of nitrogen functional groups attached to an aromatic ring is 1. The van der Waals surface area contributed by atoms with Crippen molar-refractivity contribution in [2.24, 2.45) is 7.05 Å². The van der Waals surface area contributed by atoms with Gasteiger partial charge in [-0.05, 0) is 13.0 Å². The zero-order chi connectivity index (χ0) is 10.1. The average Bonchev–Trinajstić information content (AvgIpc) is 2.45. The summed E-state index contributed by atoms with van der Waals surface area (Å²) in [5, 5.41) is 5.09. The Hall–Kier alpha value is -1.49. The maximum absolute atomic E-state index is 5.76. The summed E-state index contributed by atoms with van der Waals surface area (Å²) in [5.74, 6) is 0.457. The molecule has 15 heavy (non-hydrogen) atoms. The highest BCUT2D eigenvalue weighted by Crippen LogP contribution is 2.22. The molecular formula is C9H13ClN4O. The Kier molecular flexibility index (Phi) is 3.36. The van der Waals surface area contributed by atoms with E-state index in [4.69, 9.17) is 10.5 Å². The van der Waals surface area contributed by atoms with Crippen LogP contribution in [0.15, 0.2) is 12.3 Å². The van der Waals surface area contributed by atoms with Gasteiger partial charge in [-0.15, -0.1) is 12.4 Å². The van der Waals surface area contributed by atoms with Crippen LogP contribution < -0.4 is 10.5 Å². The first-order valence-corrected chi connectivity index (χ1v) is 4.43. The number of aromatic nitrogens is 3. The van der Waals surface area contributed by atoms with Crippen molar-refractivity contribution in [3.05, 3.63) is 12.3 Å². The Balaban J connectivity index is 0.00000112. The van der Waals surface area contributed by atoms with Crippen LogP contribution in [0.2, 0.25) is 0 Å². The number of hydrogen-bond acceptors (Lipinski definition) is 4. The minimum atomic E-state index is 0. The number of fused-ring (bicyclic) bond motifs is 1. The van der Waals surface area contributed by atoms with Crippen LogP contribution in [0.5, 0.6) is 5.88 Å². The lowest BCUT2D eigenvalue weighted by molar-refractivity contribution is 0.330. The third kappa shape index (κ3) is 2.12. The molecule has 0 aliphatic carbocycles. The van der Waals surface area contributed by atoms with Gasteiger partial charge in [-0.1, -0.05) is 0 Å². The second-order valence-electron chi connectivity index (χ2n) is 3.03. The van der Waals surface area contributed by atoms with Crippen molar-refractivity contribution in [2.75, 3.05) is 12.3 Å². The van der Waals surface area contributed by atoms with Crippen molar-refractivity contribution in [1.29, 1.82) is 0 Å². The minimum absolute atomic E-state index is 0. The summed E-state index contributed by atoms with van der Waals surface area (Å²) in [6.07, 6.45) is 1.87. The second kappa shape index (κ2) is 4.35. The number of halogens is 1. The maximum Gasteiger partial charge on any atom is 0.239 e. The molecule has 2 heterocycles. The number of aryl methyl sites for hydroxylation is 1. The van der Waals surface area contributed by atoms with Crippen molar-refractivity contribution in [2.45, 2.75) is 6.92 Å². The van der Waals surface area contributed by atoms with E-state index >= 15 is 0 Å². The summed E-state index contributed by atoms with van der Waals surface area (Å²) >= 11 is 0. The molecule has 0 unspecified atom stereocenters. The molecular weight excluding hydrogens is 216 g/mol. The normalized spacial score (nSPS) is 10.0. The van der Waals surface area contributed by atoms with Crippen LogP contribution in [0, 0.1) is 0 Å². The van der Waals surface area contributed by atoms with E-state index < -0.39 is 0 Å². The van der Waals surface area contributed by atoms with Gasteiger partial charge in [0.2, 0.25) is 5.88 Å². The third-order valence-electron chi connectivity index (χ3n) is 1.88. The fourth-order valence-corrected chi connectivity index (χ4v) is 1.33. The summed E-state index contributed by atoms with van der Waals surface area (Å²) in [6.45, 7) is 2.44. The lowest BCUT2D eigenvalue weighted by Gasteiger charge is -2.03. The van der Waals surface area contributed by atoms with E-state index in [1.807, 2.05) is 26.2 Å². The zero-order valence-electron chi connectivity index (χ0n) is 8.60. The molecule has 0 saturated heterocycles. The highest BCUT2D eigenvalue weighted by Gasteiger charge is 2.06. The van der Waals surface area contributed by atoms with E-state index in [2.05, 4.69) is 10.1 Å². The molecule has 0 aliphatic rings. The lowest BCUT2D eigenvalue weighted by atomic mass is 10.3. The highest BCUT2D eigenvalue weighted by molar-refractivity contribution is 5.85. The molecule has 0 atom stereocenters. The van der Waals surface area contributed by atoms with E-state index in [-0.39, 0.29) is 12.4 Å². The van der Waals surface area contributed by atoms with Crippen molar-refractivity contribution in [3.63, 3.8) is 0 Å². The molecule has 0 bridgehead atoms. The molecule has 0 aromatic carbocycles. The van der Waals surface area contributed by atoms with E-state index in [0.717, 1.165) is 5.39 Å². The number of rotatable bonds is 2. The van der Waals surface area contributed by atoms with Gasteiger partial charge in [0, 0.05) is 18.6 Å². The Bertz CT molecular complexity index is 468. The van der Waals surface area contributed by atoms with Crippen molar-refractivity contribution < 1.29 is 4.74 Å². The fraction of sp³-hybridized carbons (Fsp3) is 0.333. The first-order valence-electron chi connectivity index (χ1n) is 4.43. The molecule has 0 amide bonds. The largest absolute Gasteiger partial charge is 0.476 e. The van der Waals surface area contributed by atoms with Gasteiger partial charge in [-0.3, -0.25) is 4.68 Å². The Morgan fingerprint density at radius 2 is 2.27 bits per heavy atom. The van der Waals surface area contributed by atoms with Gasteiger partial charge in [0.05, 0.1) is 12.3 Å². The van der Waals surface area contributed by atoms with Gasteiger partial charge in [0.25, 0.3) is 0 Å². The van der Waals surface area contributed by atoms with Crippen LogP contribution >= 0.6 is 12.4 Å². The van der Waals surface area contributed by atoms with E-state index in [0.29, 0.717) is 23.8 Å². The smallest absolute Gasteiger partial charge is 0.239 e. The highest BCUT2D eigenvalue weighted by atomic mass is 35.5. The minimum Gasteiger partial charge on any atom is -0.476 e. The topological polar surface area (TPSA) is 66.0 Å². The predicted octanol–water partition coefficient (Wildman–Crippen LogP) is 1.37. The molecule has 6 heteroatoms.